The Morgan fingerprint density at radius 2 is 2.08 bits per heavy atom. The van der Waals surface area contributed by atoms with Crippen molar-refractivity contribution in [1.82, 2.24) is 14.8 Å². The molecule has 0 amide bonds. The maximum Gasteiger partial charge on any atom is 0.349 e. The van der Waals surface area contributed by atoms with Crippen LogP contribution in [-0.2, 0) is 6.42 Å². The first-order valence-electron chi connectivity index (χ1n) is 7.88. The summed E-state index contributed by atoms with van der Waals surface area (Å²) in [6.45, 7) is 1.72. The van der Waals surface area contributed by atoms with Crippen molar-refractivity contribution in [3.8, 4) is 11.4 Å². The first-order chi connectivity index (χ1) is 11.5. The van der Waals surface area contributed by atoms with Crippen molar-refractivity contribution in [3.05, 3.63) is 49.5 Å². The molecule has 3 rings (SSSR count). The highest BCUT2D eigenvalue weighted by molar-refractivity contribution is 6.32. The van der Waals surface area contributed by atoms with Crippen LogP contribution < -0.4 is 16.0 Å². The van der Waals surface area contributed by atoms with E-state index in [4.69, 9.17) is 16.3 Å². The van der Waals surface area contributed by atoms with E-state index < -0.39 is 17.1 Å². The number of H-pyrrole nitrogens is 1. The predicted octanol–water partition coefficient (Wildman–Crippen LogP) is 2.60. The molecule has 1 fully saturated rings. The molecule has 1 saturated carbocycles. The summed E-state index contributed by atoms with van der Waals surface area (Å²) in [5.74, 6) is -0.513. The van der Waals surface area contributed by atoms with Crippen LogP contribution in [0.1, 0.15) is 38.3 Å². The van der Waals surface area contributed by atoms with Gasteiger partial charge in [-0.3, -0.25) is 4.79 Å². The quantitative estimate of drug-likeness (QED) is 0.916. The van der Waals surface area contributed by atoms with E-state index in [1.165, 1.54) is 6.07 Å². The number of nitrogens with one attached hydrogen (secondary N) is 1. The highest BCUT2D eigenvalue weighted by Gasteiger charge is 2.21. The Morgan fingerprint density at radius 3 is 2.75 bits per heavy atom. The topological polar surface area (TPSA) is 77.0 Å². The summed E-state index contributed by atoms with van der Waals surface area (Å²) in [4.78, 5) is 24.4. The van der Waals surface area contributed by atoms with Crippen LogP contribution in [0, 0.1) is 5.82 Å². The smallest absolute Gasteiger partial charge is 0.349 e. The molecule has 0 spiro atoms. The largest absolute Gasteiger partial charge is 0.489 e. The maximum absolute atomic E-state index is 14.4. The van der Waals surface area contributed by atoms with Gasteiger partial charge in [0.2, 0.25) is 0 Å². The predicted molar refractivity (Wildman–Crippen MR) is 87.7 cm³/mol. The summed E-state index contributed by atoms with van der Waals surface area (Å²) in [5.41, 5.74) is -1.53. The van der Waals surface area contributed by atoms with Crippen molar-refractivity contribution in [2.24, 2.45) is 0 Å². The summed E-state index contributed by atoms with van der Waals surface area (Å²) in [6.07, 6.45) is 4.27. The molecule has 0 bridgehead atoms. The monoisotopic (exact) mass is 353 g/mol. The SMILES string of the molecule is CCc1n[nH]c(=O)n(-c2cc(OC3CCCC3)c(Cl)cc2F)c1=O. The lowest BCUT2D eigenvalue weighted by molar-refractivity contribution is 0.210. The number of aromatic amines is 1. The van der Waals surface area contributed by atoms with Crippen LogP contribution in [0.25, 0.3) is 5.69 Å². The van der Waals surface area contributed by atoms with Gasteiger partial charge in [0.1, 0.15) is 17.3 Å². The molecule has 24 heavy (non-hydrogen) atoms. The van der Waals surface area contributed by atoms with Gasteiger partial charge in [0.15, 0.2) is 0 Å². The zero-order chi connectivity index (χ0) is 17.3. The Bertz CT molecular complexity index is 872. The first-order valence-corrected chi connectivity index (χ1v) is 8.25. The van der Waals surface area contributed by atoms with Crippen LogP contribution in [0.4, 0.5) is 4.39 Å². The molecule has 1 aromatic heterocycles. The number of hydrogen-bond donors (Lipinski definition) is 1. The van der Waals surface area contributed by atoms with Crippen LogP contribution in [0.2, 0.25) is 5.02 Å². The van der Waals surface area contributed by atoms with E-state index in [2.05, 4.69) is 10.2 Å². The molecular formula is C16H17ClFN3O3. The molecule has 0 aliphatic heterocycles. The molecule has 1 heterocycles. The zero-order valence-electron chi connectivity index (χ0n) is 13.1. The number of rotatable bonds is 4. The Morgan fingerprint density at radius 1 is 1.38 bits per heavy atom. The lowest BCUT2D eigenvalue weighted by atomic mass is 10.2. The van der Waals surface area contributed by atoms with E-state index in [9.17, 15) is 14.0 Å². The summed E-state index contributed by atoms with van der Waals surface area (Å²) in [6, 6.07) is 2.35. The Balaban J connectivity index is 2.11. The van der Waals surface area contributed by atoms with Crippen LogP contribution in [0.15, 0.2) is 21.7 Å². The van der Waals surface area contributed by atoms with Crippen LogP contribution in [0.5, 0.6) is 5.75 Å². The normalized spacial score (nSPS) is 15.0. The number of hydrogen-bond acceptors (Lipinski definition) is 4. The van der Waals surface area contributed by atoms with Crippen molar-refractivity contribution >= 4 is 11.6 Å². The molecule has 1 aromatic carbocycles. The fourth-order valence-corrected chi connectivity index (χ4v) is 3.04. The highest BCUT2D eigenvalue weighted by Crippen LogP contribution is 2.32. The minimum absolute atomic E-state index is 0.0134. The van der Waals surface area contributed by atoms with Crippen molar-refractivity contribution in [2.45, 2.75) is 45.1 Å². The van der Waals surface area contributed by atoms with E-state index in [1.807, 2.05) is 0 Å². The van der Waals surface area contributed by atoms with Gasteiger partial charge in [-0.05, 0) is 38.2 Å². The van der Waals surface area contributed by atoms with E-state index in [-0.39, 0.29) is 28.3 Å². The van der Waals surface area contributed by atoms with Gasteiger partial charge in [-0.1, -0.05) is 18.5 Å². The summed E-state index contributed by atoms with van der Waals surface area (Å²) in [5, 5.41) is 6.00. The van der Waals surface area contributed by atoms with Crippen molar-refractivity contribution < 1.29 is 9.13 Å². The van der Waals surface area contributed by atoms with Crippen molar-refractivity contribution in [3.63, 3.8) is 0 Å². The lowest BCUT2D eigenvalue weighted by Gasteiger charge is -2.16. The van der Waals surface area contributed by atoms with Crippen LogP contribution >= 0.6 is 11.6 Å². The molecule has 1 N–H and O–H groups in total. The van der Waals surface area contributed by atoms with Gasteiger partial charge in [-0.15, -0.1) is 0 Å². The highest BCUT2D eigenvalue weighted by atomic mass is 35.5. The molecule has 0 radical (unpaired) electrons. The number of nitrogens with zero attached hydrogens (tertiary/aromatic N) is 2. The molecule has 0 saturated heterocycles. The van der Waals surface area contributed by atoms with Gasteiger partial charge in [0, 0.05) is 6.07 Å². The van der Waals surface area contributed by atoms with Crippen LogP contribution in [0.3, 0.4) is 0 Å². The molecule has 0 unspecified atom stereocenters. The third kappa shape index (κ3) is 3.08. The Hall–Kier alpha value is -2.15. The summed E-state index contributed by atoms with van der Waals surface area (Å²) >= 11 is 6.05. The maximum atomic E-state index is 14.4. The third-order valence-electron chi connectivity index (χ3n) is 4.11. The average Bonchev–Trinajstić information content (AvgIpc) is 3.05. The van der Waals surface area contributed by atoms with E-state index >= 15 is 0 Å². The summed E-state index contributed by atoms with van der Waals surface area (Å²) < 4.78 is 20.9. The minimum Gasteiger partial charge on any atom is -0.489 e. The molecule has 1 aliphatic carbocycles. The van der Waals surface area contributed by atoms with Crippen molar-refractivity contribution in [2.75, 3.05) is 0 Å². The second-order valence-corrected chi connectivity index (χ2v) is 6.14. The van der Waals surface area contributed by atoms with Gasteiger partial charge in [-0.2, -0.15) is 5.10 Å². The fourth-order valence-electron chi connectivity index (χ4n) is 2.85. The van der Waals surface area contributed by atoms with Crippen molar-refractivity contribution in [1.29, 1.82) is 0 Å². The minimum atomic E-state index is -0.815. The second-order valence-electron chi connectivity index (χ2n) is 5.73. The zero-order valence-corrected chi connectivity index (χ0v) is 13.9. The van der Waals surface area contributed by atoms with Gasteiger partial charge in [-0.25, -0.2) is 18.9 Å². The first kappa shape index (κ1) is 16.7. The van der Waals surface area contributed by atoms with Gasteiger partial charge >= 0.3 is 5.69 Å². The molecule has 1 aliphatic rings. The number of aromatic nitrogens is 3. The summed E-state index contributed by atoms with van der Waals surface area (Å²) in [7, 11) is 0. The fraction of sp³-hybridized carbons (Fsp3) is 0.438. The standard InChI is InChI=1S/C16H17ClFN3O3/c1-2-12-15(22)21(16(23)20-19-12)13-8-14(10(17)7-11(13)18)24-9-5-3-4-6-9/h7-9H,2-6H2,1H3,(H,20,23). The number of halogens is 2. The molecular weight excluding hydrogens is 337 g/mol. The second kappa shape index (κ2) is 6.76. The number of aryl methyl sites for hydroxylation is 1. The number of ether oxygens (including phenoxy) is 1. The molecule has 2 aromatic rings. The van der Waals surface area contributed by atoms with Crippen LogP contribution in [-0.4, -0.2) is 20.9 Å². The third-order valence-corrected chi connectivity index (χ3v) is 4.41. The lowest BCUT2D eigenvalue weighted by Crippen LogP contribution is -2.37. The molecule has 0 atom stereocenters. The average molecular weight is 354 g/mol. The molecule has 6 nitrogen and oxygen atoms in total. The van der Waals surface area contributed by atoms with Gasteiger partial charge in [0.25, 0.3) is 5.56 Å². The van der Waals surface area contributed by atoms with E-state index in [1.54, 1.807) is 6.92 Å². The van der Waals surface area contributed by atoms with Gasteiger partial charge in [0.05, 0.1) is 16.8 Å². The molecule has 128 valence electrons. The van der Waals surface area contributed by atoms with E-state index in [0.29, 0.717) is 6.42 Å². The van der Waals surface area contributed by atoms with Gasteiger partial charge < -0.3 is 4.74 Å². The Labute approximate surface area is 142 Å². The Kier molecular flexibility index (Phi) is 4.71. The number of benzene rings is 1. The molecule has 8 heteroatoms. The van der Waals surface area contributed by atoms with E-state index in [0.717, 1.165) is 36.3 Å².